The minimum Gasteiger partial charge on any atom is -0.496 e. The van der Waals surface area contributed by atoms with E-state index in [1.807, 2.05) is 31.2 Å². The highest BCUT2D eigenvalue weighted by atomic mass is 32.1. The molecule has 0 saturated carbocycles. The lowest BCUT2D eigenvalue weighted by atomic mass is 9.96. The second-order valence-corrected chi connectivity index (χ2v) is 9.49. The molecule has 184 valence electrons. The van der Waals surface area contributed by atoms with E-state index < -0.39 is 6.09 Å². The highest BCUT2D eigenvalue weighted by Crippen LogP contribution is 2.37. The fourth-order valence-corrected chi connectivity index (χ4v) is 5.41. The maximum Gasteiger partial charge on any atom is 0.410 e. The summed E-state index contributed by atoms with van der Waals surface area (Å²) >= 11 is 1.33. The molecule has 4 rings (SSSR count). The summed E-state index contributed by atoms with van der Waals surface area (Å²) in [5.74, 6) is 0.710. The Morgan fingerprint density at radius 2 is 2.20 bits per heavy atom. The van der Waals surface area contributed by atoms with Crippen molar-refractivity contribution in [3.63, 3.8) is 0 Å². The summed E-state index contributed by atoms with van der Waals surface area (Å²) in [4.78, 5) is 27.8. The Kier molecular flexibility index (Phi) is 7.46. The van der Waals surface area contributed by atoms with Crippen LogP contribution in [0.3, 0.4) is 0 Å². The number of carbonyl (C=O) groups excluding carboxylic acids is 2. The zero-order valence-corrected chi connectivity index (χ0v) is 20.5. The van der Waals surface area contributed by atoms with E-state index in [4.69, 9.17) is 18.9 Å². The molecule has 2 aromatic rings. The Balaban J connectivity index is 1.38. The van der Waals surface area contributed by atoms with Crippen molar-refractivity contribution in [1.29, 1.82) is 5.26 Å². The zero-order chi connectivity index (χ0) is 24.9. The molecule has 2 amide bonds. The zero-order valence-electron chi connectivity index (χ0n) is 19.7. The number of hydrogen-bond acceptors (Lipinski definition) is 8. The van der Waals surface area contributed by atoms with E-state index in [-0.39, 0.29) is 36.9 Å². The molecule has 2 atom stereocenters. The van der Waals surface area contributed by atoms with Gasteiger partial charge in [0.15, 0.2) is 6.10 Å². The van der Waals surface area contributed by atoms with Crippen LogP contribution in [-0.4, -0.2) is 49.9 Å². The van der Waals surface area contributed by atoms with Crippen LogP contribution in [0.4, 0.5) is 9.80 Å². The van der Waals surface area contributed by atoms with E-state index in [1.165, 1.54) is 11.3 Å². The van der Waals surface area contributed by atoms with Crippen molar-refractivity contribution in [2.45, 2.75) is 38.3 Å². The molecule has 9 nitrogen and oxygen atoms in total. The molecule has 10 heteroatoms. The van der Waals surface area contributed by atoms with Gasteiger partial charge in [0.1, 0.15) is 30.0 Å². The molecular formula is C25H27N3O6S. The molecule has 2 aliphatic rings. The lowest BCUT2D eigenvalue weighted by molar-refractivity contribution is -0.116. The summed E-state index contributed by atoms with van der Waals surface area (Å²) in [7, 11) is 1.61. The third-order valence-electron chi connectivity index (χ3n) is 5.96. The smallest absolute Gasteiger partial charge is 0.410 e. The van der Waals surface area contributed by atoms with Gasteiger partial charge in [-0.05, 0) is 36.1 Å². The van der Waals surface area contributed by atoms with Crippen molar-refractivity contribution < 1.29 is 28.5 Å². The van der Waals surface area contributed by atoms with Crippen LogP contribution in [0.15, 0.2) is 36.8 Å². The molecule has 1 aromatic heterocycles. The molecule has 0 aliphatic carbocycles. The van der Waals surface area contributed by atoms with Gasteiger partial charge in [-0.25, -0.2) is 4.79 Å². The molecule has 2 aliphatic heterocycles. The quantitative estimate of drug-likeness (QED) is 0.612. The number of carbonyl (C=O) groups is 2. The molecule has 2 unspecified atom stereocenters. The number of para-hydroxylation sites is 1. The average Bonchev–Trinajstić information content (AvgIpc) is 3.43. The molecule has 1 fully saturated rings. The highest BCUT2D eigenvalue weighted by molar-refractivity contribution is 7.16. The van der Waals surface area contributed by atoms with Gasteiger partial charge < -0.3 is 29.2 Å². The van der Waals surface area contributed by atoms with E-state index >= 15 is 0 Å². The van der Waals surface area contributed by atoms with Crippen LogP contribution in [0, 0.1) is 11.3 Å². The van der Waals surface area contributed by atoms with E-state index in [2.05, 4.69) is 18.0 Å². The van der Waals surface area contributed by atoms with Gasteiger partial charge in [-0.2, -0.15) is 5.26 Å². The van der Waals surface area contributed by atoms with Gasteiger partial charge in [-0.1, -0.05) is 25.1 Å². The second kappa shape index (κ2) is 10.7. The second-order valence-electron chi connectivity index (χ2n) is 8.39. The third-order valence-corrected chi connectivity index (χ3v) is 7.09. The van der Waals surface area contributed by atoms with Crippen LogP contribution >= 0.6 is 11.3 Å². The van der Waals surface area contributed by atoms with E-state index in [0.717, 1.165) is 21.8 Å². The van der Waals surface area contributed by atoms with Gasteiger partial charge in [-0.3, -0.25) is 4.79 Å². The van der Waals surface area contributed by atoms with Gasteiger partial charge in [0, 0.05) is 17.8 Å². The van der Waals surface area contributed by atoms with Crippen LogP contribution in [0.1, 0.15) is 40.8 Å². The normalized spacial score (nSPS) is 17.5. The van der Waals surface area contributed by atoms with E-state index in [0.29, 0.717) is 36.7 Å². The van der Waals surface area contributed by atoms with Crippen molar-refractivity contribution >= 4 is 28.3 Å². The van der Waals surface area contributed by atoms with E-state index in [1.54, 1.807) is 12.0 Å². The van der Waals surface area contributed by atoms with Crippen LogP contribution in [0.25, 0.3) is 0 Å². The first-order valence-corrected chi connectivity index (χ1v) is 12.1. The number of fused-ring (bicyclic) bond motifs is 1. The summed E-state index contributed by atoms with van der Waals surface area (Å²) in [5, 5.41) is 13.2. The Morgan fingerprint density at radius 3 is 2.91 bits per heavy atom. The number of rotatable bonds is 7. The first kappa shape index (κ1) is 24.4. The fraction of sp³-hybridized carbons (Fsp3) is 0.400. The predicted molar refractivity (Wildman–Crippen MR) is 129 cm³/mol. The number of nitrogens with one attached hydrogen (secondary N) is 1. The number of thiophene rings is 1. The summed E-state index contributed by atoms with van der Waals surface area (Å²) in [6.07, 6.45) is -0.0679. The SMILES string of the molecule is C=C1OCC(COC(=O)N2CCc3c(sc(NC(=O)CC(C)c4ccccc4OC)c3C#N)C2)O1. The molecule has 1 aromatic carbocycles. The van der Waals surface area contributed by atoms with Crippen LogP contribution in [0.5, 0.6) is 5.75 Å². The minimum absolute atomic E-state index is 0.0667. The average molecular weight is 498 g/mol. The van der Waals surface area contributed by atoms with Crippen LogP contribution in [0.2, 0.25) is 0 Å². The number of methoxy groups -OCH3 is 1. The monoisotopic (exact) mass is 497 g/mol. The Hall–Kier alpha value is -3.71. The van der Waals surface area contributed by atoms with Crippen molar-refractivity contribution in [2.75, 3.05) is 32.2 Å². The molecule has 1 saturated heterocycles. The molecular weight excluding hydrogens is 470 g/mol. The van der Waals surface area contributed by atoms with Crippen molar-refractivity contribution in [2.24, 2.45) is 0 Å². The maximum absolute atomic E-state index is 12.8. The number of nitriles is 1. The first-order valence-electron chi connectivity index (χ1n) is 11.3. The number of anilines is 1. The van der Waals surface area contributed by atoms with Gasteiger partial charge in [0.2, 0.25) is 5.91 Å². The predicted octanol–water partition coefficient (Wildman–Crippen LogP) is 4.14. The Bertz CT molecular complexity index is 1170. The third kappa shape index (κ3) is 5.52. The van der Waals surface area contributed by atoms with E-state index in [9.17, 15) is 14.9 Å². The molecule has 0 spiro atoms. The topological polar surface area (TPSA) is 110 Å². The lowest BCUT2D eigenvalue weighted by Crippen LogP contribution is -2.37. The van der Waals surface area contributed by atoms with Gasteiger partial charge in [-0.15, -0.1) is 11.3 Å². The van der Waals surface area contributed by atoms with Crippen molar-refractivity contribution in [3.05, 3.63) is 58.4 Å². The largest absolute Gasteiger partial charge is 0.496 e. The number of hydrogen-bond donors (Lipinski definition) is 1. The summed E-state index contributed by atoms with van der Waals surface area (Å²) in [6, 6.07) is 9.83. The Labute approximate surface area is 207 Å². The van der Waals surface area contributed by atoms with Crippen molar-refractivity contribution in [3.8, 4) is 11.8 Å². The molecule has 35 heavy (non-hydrogen) atoms. The van der Waals surface area contributed by atoms with Crippen LogP contribution < -0.4 is 10.1 Å². The first-order chi connectivity index (χ1) is 16.9. The number of benzene rings is 1. The standard InChI is InChI=1S/C25H27N3O6S/c1-15(18-6-4-5-7-21(18)31-3)10-23(29)27-24-20(11-26)19-8-9-28(12-22(19)35-24)25(30)33-14-17-13-32-16(2)34-17/h4-7,15,17H,2,8-10,12-14H2,1,3H3,(H,27,29). The van der Waals surface area contributed by atoms with Crippen LogP contribution in [-0.2, 0) is 32.0 Å². The summed E-state index contributed by atoms with van der Waals surface area (Å²) in [5.41, 5.74) is 2.29. The Morgan fingerprint density at radius 1 is 1.40 bits per heavy atom. The highest BCUT2D eigenvalue weighted by Gasteiger charge is 2.30. The minimum atomic E-state index is -0.458. The molecule has 3 heterocycles. The number of amides is 2. The lowest BCUT2D eigenvalue weighted by Gasteiger charge is -2.26. The molecule has 1 N–H and O–H groups in total. The van der Waals surface area contributed by atoms with Crippen molar-refractivity contribution in [1.82, 2.24) is 4.90 Å². The fourth-order valence-electron chi connectivity index (χ4n) is 4.18. The molecule has 0 radical (unpaired) electrons. The number of nitrogens with zero attached hydrogens (tertiary/aromatic N) is 2. The van der Waals surface area contributed by atoms with Gasteiger partial charge >= 0.3 is 6.09 Å². The van der Waals surface area contributed by atoms with Gasteiger partial charge in [0.05, 0.1) is 19.2 Å². The maximum atomic E-state index is 12.8. The van der Waals surface area contributed by atoms with Gasteiger partial charge in [0.25, 0.3) is 5.95 Å². The number of ether oxygens (including phenoxy) is 4. The summed E-state index contributed by atoms with van der Waals surface area (Å²) in [6.45, 7) is 6.63. The summed E-state index contributed by atoms with van der Waals surface area (Å²) < 4.78 is 21.2. The molecule has 0 bridgehead atoms.